The first-order chi connectivity index (χ1) is 15.5. The van der Waals surface area contributed by atoms with Crippen LogP contribution in [0.1, 0.15) is 17.0 Å². The van der Waals surface area contributed by atoms with Crippen LogP contribution in [0.4, 0.5) is 11.4 Å². The van der Waals surface area contributed by atoms with Crippen molar-refractivity contribution in [3.05, 3.63) is 83.6 Å². The molecule has 0 N–H and O–H groups in total. The maximum absolute atomic E-state index is 2.46. The summed E-state index contributed by atoms with van der Waals surface area (Å²) < 4.78 is 6.06. The molecule has 0 atom stereocenters. The Morgan fingerprint density at radius 3 is 2.09 bits per heavy atom. The number of fused-ring (bicyclic) bond motifs is 1. The number of pyridine rings is 1. The first kappa shape index (κ1) is 22.0. The molecule has 4 rings (SSSR count). The van der Waals surface area contributed by atoms with Gasteiger partial charge in [0.25, 0.3) is 5.01 Å². The van der Waals surface area contributed by atoms with E-state index in [9.17, 15) is 0 Å². The Morgan fingerprint density at radius 2 is 1.41 bits per heavy atom. The minimum Gasteiger partial charge on any atom is -0.378 e. The van der Waals surface area contributed by atoms with Gasteiger partial charge in [-0.25, -0.2) is 4.57 Å². The summed E-state index contributed by atoms with van der Waals surface area (Å²) in [4.78, 5) is 4.25. The lowest BCUT2D eigenvalue weighted by molar-refractivity contribution is -0.716. The van der Waals surface area contributed by atoms with Crippen molar-refractivity contribution in [3.63, 3.8) is 0 Å². The highest BCUT2D eigenvalue weighted by atomic mass is 32.1. The highest BCUT2D eigenvalue weighted by Gasteiger charge is 2.18. The largest absolute Gasteiger partial charge is 0.378 e. The summed E-state index contributed by atoms with van der Waals surface area (Å²) in [5.74, 6) is 0. The van der Waals surface area contributed by atoms with Crippen LogP contribution in [-0.2, 0) is 13.1 Å². The van der Waals surface area contributed by atoms with Crippen LogP contribution in [0.2, 0.25) is 0 Å². The van der Waals surface area contributed by atoms with Gasteiger partial charge in [-0.15, -0.1) is 0 Å². The molecule has 4 nitrogen and oxygen atoms in total. The summed E-state index contributed by atoms with van der Waals surface area (Å²) in [6.45, 7) is 1.99. The molecule has 0 spiro atoms. The number of benzene rings is 2. The van der Waals surface area contributed by atoms with E-state index in [1.165, 1.54) is 32.2 Å². The van der Waals surface area contributed by atoms with Crippen LogP contribution < -0.4 is 18.9 Å². The number of nitrogens with zero attached hydrogens (tertiary/aromatic N) is 4. The van der Waals surface area contributed by atoms with Crippen molar-refractivity contribution in [2.24, 2.45) is 0 Å². The number of aromatic nitrogens is 2. The van der Waals surface area contributed by atoms with Crippen molar-refractivity contribution in [2.75, 3.05) is 38.0 Å². The lowest BCUT2D eigenvalue weighted by atomic mass is 10.2. The molecule has 0 aliphatic rings. The van der Waals surface area contributed by atoms with E-state index in [2.05, 4.69) is 132 Å². The third-order valence-electron chi connectivity index (χ3n) is 5.65. The number of para-hydroxylation sites is 1. The molecule has 0 unspecified atom stereocenters. The minimum atomic E-state index is 0.992. The molecule has 0 saturated carbocycles. The lowest BCUT2D eigenvalue weighted by Gasteiger charge is -2.11. The Kier molecular flexibility index (Phi) is 6.86. The van der Waals surface area contributed by atoms with Gasteiger partial charge in [-0.3, -0.25) is 0 Å². The Morgan fingerprint density at radius 1 is 0.750 bits per heavy atom. The van der Waals surface area contributed by atoms with Crippen LogP contribution >= 0.6 is 11.3 Å². The Hall–Kier alpha value is -3.18. The van der Waals surface area contributed by atoms with E-state index < -0.39 is 0 Å². The number of hydrogen-bond donors (Lipinski definition) is 0. The second kappa shape index (κ2) is 9.96. The quantitative estimate of drug-likeness (QED) is 0.360. The van der Waals surface area contributed by atoms with Crippen LogP contribution in [0.5, 0.6) is 0 Å². The first-order valence-electron chi connectivity index (χ1n) is 11.0. The molecule has 32 heavy (non-hydrogen) atoms. The highest BCUT2D eigenvalue weighted by Crippen LogP contribution is 2.22. The van der Waals surface area contributed by atoms with Crippen LogP contribution in [-0.4, -0.2) is 28.2 Å². The van der Waals surface area contributed by atoms with Gasteiger partial charge in [-0.2, -0.15) is 4.57 Å². The van der Waals surface area contributed by atoms with Crippen LogP contribution in [0.25, 0.3) is 22.4 Å². The van der Waals surface area contributed by atoms with Gasteiger partial charge in [0.15, 0.2) is 25.5 Å². The van der Waals surface area contributed by atoms with Gasteiger partial charge >= 0.3 is 0 Å². The lowest BCUT2D eigenvalue weighted by Crippen LogP contribution is -2.39. The van der Waals surface area contributed by atoms with Crippen LogP contribution in [0.15, 0.2) is 73.1 Å². The summed E-state index contributed by atoms with van der Waals surface area (Å²) in [5.41, 5.74) is 4.98. The molecule has 0 bridgehead atoms. The van der Waals surface area contributed by atoms with Gasteiger partial charge in [0, 0.05) is 63.8 Å². The molecule has 0 aliphatic carbocycles. The molecule has 4 aromatic rings. The Bertz CT molecular complexity index is 1190. The second-order valence-electron chi connectivity index (χ2n) is 8.42. The minimum absolute atomic E-state index is 0.992. The molecule has 2 heterocycles. The summed E-state index contributed by atoms with van der Waals surface area (Å²) in [7, 11) is 8.28. The smallest absolute Gasteiger partial charge is 0.262 e. The fourth-order valence-corrected chi connectivity index (χ4v) is 4.86. The van der Waals surface area contributed by atoms with Crippen molar-refractivity contribution >= 4 is 45.1 Å². The highest BCUT2D eigenvalue weighted by molar-refractivity contribution is 7.18. The number of rotatable bonds is 8. The SMILES string of the molecule is CN(C)c1ccc(/C=C/c2sc3ccccc3[n+]2CCC[n+]2ccc(N(C)C)cc2)cc1. The standard InChI is InChI=1S/C27H32N4S/c1-28(2)23-13-10-22(11-14-23)12-15-27-31(25-8-5-6-9-26(25)32-27)19-7-18-30-20-16-24(17-21-30)29(3)4/h5-6,8-17,20-21H,7,18-19H2,1-4H3/q+2. The van der Waals surface area contributed by atoms with Crippen molar-refractivity contribution in [1.29, 1.82) is 0 Å². The summed E-state index contributed by atoms with van der Waals surface area (Å²) in [6, 6.07) is 21.7. The molecule has 5 heteroatoms. The molecule has 0 aliphatic heterocycles. The normalized spacial score (nSPS) is 11.4. The molecule has 0 radical (unpaired) electrons. The van der Waals surface area contributed by atoms with Gasteiger partial charge < -0.3 is 9.80 Å². The zero-order valence-corrected chi connectivity index (χ0v) is 20.2. The molecular formula is C27H32N4S+2. The summed E-state index contributed by atoms with van der Waals surface area (Å²) in [5, 5.41) is 1.29. The van der Waals surface area contributed by atoms with Gasteiger partial charge in [-0.05, 0) is 29.8 Å². The average Bonchev–Trinajstić information content (AvgIpc) is 3.16. The number of hydrogen-bond acceptors (Lipinski definition) is 3. The maximum Gasteiger partial charge on any atom is 0.262 e. The van der Waals surface area contributed by atoms with E-state index in [1.54, 1.807) is 0 Å². The molecule has 2 aromatic heterocycles. The Balaban J connectivity index is 1.51. The number of aryl methyl sites for hydroxylation is 2. The van der Waals surface area contributed by atoms with E-state index in [-0.39, 0.29) is 0 Å². The van der Waals surface area contributed by atoms with Gasteiger partial charge in [-0.1, -0.05) is 35.6 Å². The van der Waals surface area contributed by atoms with Crippen LogP contribution in [0, 0.1) is 0 Å². The van der Waals surface area contributed by atoms with Crippen LogP contribution in [0.3, 0.4) is 0 Å². The van der Waals surface area contributed by atoms with Crippen molar-refractivity contribution in [3.8, 4) is 0 Å². The number of thiazole rings is 1. The molecule has 164 valence electrons. The van der Waals surface area contributed by atoms with Gasteiger partial charge in [0.2, 0.25) is 5.52 Å². The zero-order chi connectivity index (χ0) is 22.5. The van der Waals surface area contributed by atoms with Crippen molar-refractivity contribution in [1.82, 2.24) is 0 Å². The molecule has 0 saturated heterocycles. The van der Waals surface area contributed by atoms with E-state index in [4.69, 9.17) is 0 Å². The molecule has 2 aromatic carbocycles. The third kappa shape index (κ3) is 5.17. The second-order valence-corrected chi connectivity index (χ2v) is 9.48. The summed E-state index contributed by atoms with van der Waals surface area (Å²) >= 11 is 1.86. The van der Waals surface area contributed by atoms with Gasteiger partial charge in [0.05, 0.1) is 6.42 Å². The number of anilines is 2. The average molecular weight is 445 g/mol. The topological polar surface area (TPSA) is 14.2 Å². The van der Waals surface area contributed by atoms with Gasteiger partial charge in [0.1, 0.15) is 4.70 Å². The maximum atomic E-state index is 2.46. The first-order valence-corrected chi connectivity index (χ1v) is 11.9. The molecular weight excluding hydrogens is 412 g/mol. The van der Waals surface area contributed by atoms with E-state index in [1.807, 2.05) is 11.3 Å². The molecule has 0 amide bonds. The molecule has 0 fully saturated rings. The zero-order valence-electron chi connectivity index (χ0n) is 19.4. The van der Waals surface area contributed by atoms with E-state index in [0.717, 1.165) is 19.5 Å². The Labute approximate surface area is 195 Å². The van der Waals surface area contributed by atoms with Crippen molar-refractivity contribution in [2.45, 2.75) is 19.5 Å². The predicted molar refractivity (Wildman–Crippen MR) is 137 cm³/mol. The fraction of sp³-hybridized carbons (Fsp3) is 0.259. The van der Waals surface area contributed by atoms with Crippen molar-refractivity contribution < 1.29 is 9.13 Å². The monoisotopic (exact) mass is 444 g/mol. The summed E-state index contributed by atoms with van der Waals surface area (Å²) in [6.07, 6.45) is 9.90. The predicted octanol–water partition coefficient (Wildman–Crippen LogP) is 4.87. The van der Waals surface area contributed by atoms with E-state index >= 15 is 0 Å². The third-order valence-corrected chi connectivity index (χ3v) is 6.78. The fourth-order valence-electron chi connectivity index (χ4n) is 3.77. The van der Waals surface area contributed by atoms with E-state index in [0.29, 0.717) is 0 Å².